The Balaban J connectivity index is 1.42. The highest BCUT2D eigenvalue weighted by Gasteiger charge is 2.44. The molecule has 4 aromatic rings. The molecular weight excluding hydrogens is 799 g/mol. The summed E-state index contributed by atoms with van der Waals surface area (Å²) in [6, 6.07) is 14.1. The maximum Gasteiger partial charge on any atom is 0.407 e. The number of alkyl carbamates (subject to hydrolysis) is 1. The Labute approximate surface area is 362 Å². The third-order valence-corrected chi connectivity index (χ3v) is 11.1. The quantitative estimate of drug-likeness (QED) is 0.101. The average Bonchev–Trinajstić information content (AvgIpc) is 3.81. The van der Waals surface area contributed by atoms with Gasteiger partial charge < -0.3 is 35.0 Å². The summed E-state index contributed by atoms with van der Waals surface area (Å²) in [4.78, 5) is 71.2. The van der Waals surface area contributed by atoms with Crippen molar-refractivity contribution < 1.29 is 33.8 Å². The molecule has 4 N–H and O–H groups in total. The molecule has 1 fully saturated rings. The summed E-state index contributed by atoms with van der Waals surface area (Å²) < 4.78 is 10.0. The zero-order valence-electron chi connectivity index (χ0n) is 36.3. The molecule has 0 spiro atoms. The topological polar surface area (TPSA) is 191 Å². The summed E-state index contributed by atoms with van der Waals surface area (Å²) in [6.45, 7) is 12.6. The zero-order chi connectivity index (χ0) is 44.3. The van der Waals surface area contributed by atoms with Gasteiger partial charge in [0, 0.05) is 56.6 Å². The number of aromatic nitrogens is 3. The second kappa shape index (κ2) is 20.9. The number of amides is 5. The maximum absolute atomic E-state index is 14.6. The molecule has 4 atom stereocenters. The number of nitrogens with one attached hydrogen (secondary N) is 3. The van der Waals surface area contributed by atoms with Crippen LogP contribution in [0.25, 0.3) is 11.1 Å². The highest BCUT2D eigenvalue weighted by Crippen LogP contribution is 2.29. The number of aliphatic hydroxyl groups excluding tert-OH is 1. The van der Waals surface area contributed by atoms with Crippen molar-refractivity contribution in [3.05, 3.63) is 101 Å². The molecule has 2 aromatic heterocycles. The van der Waals surface area contributed by atoms with E-state index in [0.717, 1.165) is 33.0 Å². The van der Waals surface area contributed by atoms with Crippen LogP contribution in [-0.2, 0) is 45.2 Å². The zero-order valence-corrected chi connectivity index (χ0v) is 37.1. The van der Waals surface area contributed by atoms with Gasteiger partial charge in [-0.15, -0.1) is 11.3 Å². The highest BCUT2D eigenvalue weighted by atomic mass is 32.1. The molecule has 16 nitrogen and oxygen atoms in total. The molecule has 1 aliphatic rings. The van der Waals surface area contributed by atoms with Crippen LogP contribution in [0.5, 0.6) is 0 Å². The SMILES string of the molecule is COCc1nc(CN2CCN([C@H](C(=O)N[C@@H](Cc3ccccc3)[C@@H](O)CN(Cc3cccc(-c4cncnc4)c3)NC(=O)[C@@H](NC(=O)OC)C(C)(C)C)C(C)(C)C)C2=O)cs1. The Bertz CT molecular complexity index is 2070. The molecular formula is C44H59N9O7S. The molecule has 0 saturated carbocycles. The Morgan fingerprint density at radius 3 is 2.26 bits per heavy atom. The Hall–Kier alpha value is -5.49. The fraction of sp³-hybridized carbons (Fsp3) is 0.477. The van der Waals surface area contributed by atoms with Gasteiger partial charge in [-0.3, -0.25) is 15.0 Å². The summed E-state index contributed by atoms with van der Waals surface area (Å²) in [6.07, 6.45) is 3.10. The number of carbonyl (C=O) groups excluding carboxylic acids is 4. The van der Waals surface area contributed by atoms with Crippen molar-refractivity contribution in [1.82, 2.24) is 45.8 Å². The van der Waals surface area contributed by atoms with Crippen molar-refractivity contribution in [3.8, 4) is 11.1 Å². The number of methoxy groups -OCH3 is 2. The number of carbonyl (C=O) groups is 4. The molecule has 328 valence electrons. The molecule has 2 aromatic carbocycles. The van der Waals surface area contributed by atoms with E-state index in [2.05, 4.69) is 31.0 Å². The van der Waals surface area contributed by atoms with Gasteiger partial charge in [0.05, 0.1) is 38.1 Å². The van der Waals surface area contributed by atoms with Crippen molar-refractivity contribution in [2.45, 2.75) is 91.9 Å². The van der Waals surface area contributed by atoms with Crippen LogP contribution in [0.4, 0.5) is 9.59 Å². The number of aliphatic hydroxyl groups is 1. The molecule has 5 amide bonds. The van der Waals surface area contributed by atoms with Gasteiger partial charge in [0.1, 0.15) is 23.4 Å². The summed E-state index contributed by atoms with van der Waals surface area (Å²) in [5.41, 5.74) is 5.60. The van der Waals surface area contributed by atoms with Crippen LogP contribution in [0.3, 0.4) is 0 Å². The van der Waals surface area contributed by atoms with E-state index in [1.807, 2.05) is 102 Å². The molecule has 17 heteroatoms. The second-order valence-corrected chi connectivity index (χ2v) is 18.3. The number of ether oxygens (including phenoxy) is 2. The van der Waals surface area contributed by atoms with Gasteiger partial charge in [-0.05, 0) is 40.0 Å². The minimum absolute atomic E-state index is 0.132. The monoisotopic (exact) mass is 857 g/mol. The third kappa shape index (κ3) is 13.0. The van der Waals surface area contributed by atoms with Gasteiger partial charge in [0.25, 0.3) is 5.91 Å². The minimum Gasteiger partial charge on any atom is -0.453 e. The number of rotatable bonds is 18. The molecule has 0 aliphatic carbocycles. The predicted octanol–water partition coefficient (Wildman–Crippen LogP) is 4.79. The molecule has 1 aliphatic heterocycles. The fourth-order valence-corrected chi connectivity index (χ4v) is 8.06. The lowest BCUT2D eigenvalue weighted by Crippen LogP contribution is -2.61. The van der Waals surface area contributed by atoms with E-state index in [-0.39, 0.29) is 25.5 Å². The number of thiazole rings is 1. The van der Waals surface area contributed by atoms with Crippen molar-refractivity contribution in [2.24, 2.45) is 10.8 Å². The van der Waals surface area contributed by atoms with Crippen LogP contribution in [0.2, 0.25) is 0 Å². The van der Waals surface area contributed by atoms with Gasteiger partial charge in [-0.25, -0.2) is 29.5 Å². The smallest absolute Gasteiger partial charge is 0.407 e. The Kier molecular flexibility index (Phi) is 15.9. The van der Waals surface area contributed by atoms with E-state index in [1.54, 1.807) is 34.3 Å². The highest BCUT2D eigenvalue weighted by molar-refractivity contribution is 7.09. The van der Waals surface area contributed by atoms with Crippen LogP contribution in [0.1, 0.15) is 63.4 Å². The first-order chi connectivity index (χ1) is 29.0. The summed E-state index contributed by atoms with van der Waals surface area (Å²) in [7, 11) is 2.83. The van der Waals surface area contributed by atoms with Crippen molar-refractivity contribution in [2.75, 3.05) is 33.9 Å². The van der Waals surface area contributed by atoms with E-state index in [9.17, 15) is 24.3 Å². The van der Waals surface area contributed by atoms with E-state index >= 15 is 0 Å². The number of urea groups is 1. The molecule has 5 rings (SSSR count). The third-order valence-electron chi connectivity index (χ3n) is 10.3. The van der Waals surface area contributed by atoms with Gasteiger partial charge in [-0.2, -0.15) is 0 Å². The van der Waals surface area contributed by atoms with Crippen molar-refractivity contribution >= 4 is 35.3 Å². The van der Waals surface area contributed by atoms with Crippen LogP contribution in [0.15, 0.2) is 78.7 Å². The molecule has 61 heavy (non-hydrogen) atoms. The van der Waals surface area contributed by atoms with Gasteiger partial charge in [0.15, 0.2) is 0 Å². The summed E-state index contributed by atoms with van der Waals surface area (Å²) >= 11 is 1.47. The molecule has 0 bridgehead atoms. The number of hydrogen-bond acceptors (Lipinski definition) is 12. The van der Waals surface area contributed by atoms with Gasteiger partial charge in [0.2, 0.25) is 5.91 Å². The number of benzene rings is 2. The predicted molar refractivity (Wildman–Crippen MR) is 231 cm³/mol. The first-order valence-corrected chi connectivity index (χ1v) is 21.1. The molecule has 0 radical (unpaired) electrons. The lowest BCUT2D eigenvalue weighted by Gasteiger charge is -2.38. The van der Waals surface area contributed by atoms with Crippen LogP contribution in [0, 0.1) is 10.8 Å². The minimum atomic E-state index is -1.24. The number of hydrogen-bond donors (Lipinski definition) is 4. The van der Waals surface area contributed by atoms with E-state index in [0.29, 0.717) is 26.2 Å². The normalized spacial score (nSPS) is 15.3. The lowest BCUT2D eigenvalue weighted by molar-refractivity contribution is -0.133. The summed E-state index contributed by atoms with van der Waals surface area (Å²) in [5, 5.41) is 22.3. The van der Waals surface area contributed by atoms with Crippen LogP contribution < -0.4 is 16.1 Å². The Morgan fingerprint density at radius 1 is 0.902 bits per heavy atom. The largest absolute Gasteiger partial charge is 0.453 e. The van der Waals surface area contributed by atoms with Crippen LogP contribution in [-0.4, -0.2) is 117 Å². The maximum atomic E-state index is 14.6. The van der Waals surface area contributed by atoms with E-state index in [4.69, 9.17) is 9.47 Å². The number of hydrazine groups is 1. The van der Waals surface area contributed by atoms with Gasteiger partial charge >= 0.3 is 12.1 Å². The standard InChI is InChI=1S/C44H59N9O7S/c1-43(2,3)37(49-41(57)60-8)39(55)50-52(23-30-15-12-16-31(19-30)32-21-45-28-46-22-32)25-35(54)34(20-29-13-10-9-11-14-29)48-40(56)38(44(4,5)6)53-18-17-51(42(53)58)24-33-27-61-36(47-33)26-59-7/h9-16,19,21-22,27-28,34-35,37-38,54H,17-18,20,23-26H2,1-8H3,(H,48,56)(H,49,57)(H,50,55)/t34-,35-,37+,38+/m0/s1. The van der Waals surface area contributed by atoms with Crippen molar-refractivity contribution in [3.63, 3.8) is 0 Å². The number of nitrogens with zero attached hydrogens (tertiary/aromatic N) is 6. The second-order valence-electron chi connectivity index (χ2n) is 17.3. The average molecular weight is 858 g/mol. The molecule has 0 unspecified atom stereocenters. The van der Waals surface area contributed by atoms with Gasteiger partial charge in [-0.1, -0.05) is 90.1 Å². The molecule has 3 heterocycles. The summed E-state index contributed by atoms with van der Waals surface area (Å²) in [5.74, 6) is -0.944. The molecule has 1 saturated heterocycles. The lowest BCUT2D eigenvalue weighted by atomic mass is 9.84. The van der Waals surface area contributed by atoms with E-state index in [1.165, 1.54) is 24.8 Å². The Morgan fingerprint density at radius 2 is 1.61 bits per heavy atom. The first-order valence-electron chi connectivity index (χ1n) is 20.2. The van der Waals surface area contributed by atoms with Crippen molar-refractivity contribution in [1.29, 1.82) is 0 Å². The fourth-order valence-electron chi connectivity index (χ4n) is 7.30. The van der Waals surface area contributed by atoms with Crippen LogP contribution >= 0.6 is 11.3 Å². The first kappa shape index (κ1) is 46.6. The van der Waals surface area contributed by atoms with E-state index < -0.39 is 53.0 Å².